The smallest absolute Gasteiger partial charge is 0.191 e. The zero-order valence-corrected chi connectivity index (χ0v) is 15.5. The van der Waals surface area contributed by atoms with Gasteiger partial charge in [-0.25, -0.2) is 0 Å². The highest BCUT2D eigenvalue weighted by molar-refractivity contribution is 14.0. The number of hydrogen-bond donors (Lipinski definition) is 2. The number of aliphatic imine (C=N–C) groups is 1. The minimum Gasteiger partial charge on any atom is -0.469 e. The third-order valence-electron chi connectivity index (χ3n) is 3.29. The molecule has 0 saturated carbocycles. The summed E-state index contributed by atoms with van der Waals surface area (Å²) in [5.74, 6) is 1.81. The highest BCUT2D eigenvalue weighted by Crippen LogP contribution is 2.03. The number of nitrogens with one attached hydrogen (secondary N) is 2. The van der Waals surface area contributed by atoms with Crippen molar-refractivity contribution in [2.24, 2.45) is 4.99 Å². The summed E-state index contributed by atoms with van der Waals surface area (Å²) in [4.78, 5) is 4.22. The fourth-order valence-corrected chi connectivity index (χ4v) is 2.06. The fraction of sp³-hybridized carbons (Fsp3) is 0.353. The Morgan fingerprint density at radius 3 is 2.32 bits per heavy atom. The molecule has 2 aromatic rings. The van der Waals surface area contributed by atoms with Gasteiger partial charge in [0.2, 0.25) is 0 Å². The van der Waals surface area contributed by atoms with Crippen LogP contribution in [-0.2, 0) is 12.8 Å². The molecule has 1 aromatic heterocycles. The van der Waals surface area contributed by atoms with Crippen LogP contribution >= 0.6 is 24.0 Å². The molecule has 120 valence electrons. The number of furan rings is 1. The van der Waals surface area contributed by atoms with Gasteiger partial charge in [-0.1, -0.05) is 29.8 Å². The summed E-state index contributed by atoms with van der Waals surface area (Å²) >= 11 is 0. The lowest BCUT2D eigenvalue weighted by molar-refractivity contribution is 0.507. The average Bonchev–Trinajstić information content (AvgIpc) is 3.01. The lowest BCUT2D eigenvalue weighted by Gasteiger charge is -2.11. The standard InChI is InChI=1S/C17H23N3O.HI/c1-14-5-7-15(8-6-14)9-11-19-17(18-2)20-12-10-16-4-3-13-21-16;/h3-8,13H,9-12H2,1-2H3,(H2,18,19,20);1H. The van der Waals surface area contributed by atoms with Gasteiger partial charge in [0, 0.05) is 26.6 Å². The average molecular weight is 413 g/mol. The Balaban J connectivity index is 0.00000242. The molecular weight excluding hydrogens is 389 g/mol. The highest BCUT2D eigenvalue weighted by atomic mass is 127. The van der Waals surface area contributed by atoms with Gasteiger partial charge in [-0.2, -0.15) is 0 Å². The number of aryl methyl sites for hydroxylation is 1. The Bertz CT molecular complexity index is 550. The Morgan fingerprint density at radius 1 is 1.05 bits per heavy atom. The van der Waals surface area contributed by atoms with E-state index >= 15 is 0 Å². The van der Waals surface area contributed by atoms with Crippen molar-refractivity contribution in [2.75, 3.05) is 20.1 Å². The first-order chi connectivity index (χ1) is 10.3. The van der Waals surface area contributed by atoms with Gasteiger partial charge in [-0.15, -0.1) is 24.0 Å². The third kappa shape index (κ3) is 6.51. The van der Waals surface area contributed by atoms with Crippen molar-refractivity contribution < 1.29 is 4.42 Å². The van der Waals surface area contributed by atoms with Crippen molar-refractivity contribution in [3.8, 4) is 0 Å². The predicted octanol–water partition coefficient (Wildman–Crippen LogP) is 3.16. The van der Waals surface area contributed by atoms with Gasteiger partial charge in [0.1, 0.15) is 5.76 Å². The van der Waals surface area contributed by atoms with Crippen molar-refractivity contribution in [1.29, 1.82) is 0 Å². The number of halogens is 1. The van der Waals surface area contributed by atoms with E-state index in [-0.39, 0.29) is 24.0 Å². The maximum Gasteiger partial charge on any atom is 0.191 e. The zero-order valence-electron chi connectivity index (χ0n) is 13.1. The Kier molecular flexibility index (Phi) is 8.65. The van der Waals surface area contributed by atoms with Gasteiger partial charge in [-0.3, -0.25) is 4.99 Å². The summed E-state index contributed by atoms with van der Waals surface area (Å²) in [5.41, 5.74) is 2.63. The number of benzene rings is 1. The van der Waals surface area contributed by atoms with E-state index in [4.69, 9.17) is 4.42 Å². The van der Waals surface area contributed by atoms with E-state index in [1.165, 1.54) is 11.1 Å². The van der Waals surface area contributed by atoms with Crippen molar-refractivity contribution in [3.63, 3.8) is 0 Å². The first kappa shape index (κ1) is 18.5. The van der Waals surface area contributed by atoms with E-state index in [0.717, 1.165) is 37.7 Å². The van der Waals surface area contributed by atoms with Crippen LogP contribution < -0.4 is 10.6 Å². The molecule has 0 unspecified atom stereocenters. The molecule has 0 aliphatic heterocycles. The van der Waals surface area contributed by atoms with Crippen LogP contribution in [0.2, 0.25) is 0 Å². The molecule has 1 heterocycles. The highest BCUT2D eigenvalue weighted by Gasteiger charge is 1.99. The van der Waals surface area contributed by atoms with Crippen LogP contribution in [0, 0.1) is 6.92 Å². The Morgan fingerprint density at radius 2 is 1.73 bits per heavy atom. The first-order valence-corrected chi connectivity index (χ1v) is 7.30. The molecule has 2 rings (SSSR count). The Labute approximate surface area is 149 Å². The molecule has 0 atom stereocenters. The van der Waals surface area contributed by atoms with Gasteiger partial charge >= 0.3 is 0 Å². The second-order valence-corrected chi connectivity index (χ2v) is 4.99. The predicted molar refractivity (Wildman–Crippen MR) is 102 cm³/mol. The molecule has 0 amide bonds. The van der Waals surface area contributed by atoms with Crippen LogP contribution in [0.3, 0.4) is 0 Å². The van der Waals surface area contributed by atoms with Crippen LogP contribution in [0.1, 0.15) is 16.9 Å². The van der Waals surface area contributed by atoms with Crippen molar-refractivity contribution in [3.05, 3.63) is 59.5 Å². The van der Waals surface area contributed by atoms with E-state index in [0.29, 0.717) is 0 Å². The van der Waals surface area contributed by atoms with Crippen LogP contribution in [0.25, 0.3) is 0 Å². The van der Waals surface area contributed by atoms with Crippen LogP contribution in [0.15, 0.2) is 52.1 Å². The first-order valence-electron chi connectivity index (χ1n) is 7.30. The van der Waals surface area contributed by atoms with Gasteiger partial charge in [0.15, 0.2) is 5.96 Å². The van der Waals surface area contributed by atoms with Crippen molar-refractivity contribution >= 4 is 29.9 Å². The molecular formula is C17H24IN3O. The second-order valence-electron chi connectivity index (χ2n) is 4.99. The molecule has 22 heavy (non-hydrogen) atoms. The normalized spacial score (nSPS) is 10.9. The number of nitrogens with zero attached hydrogens (tertiary/aromatic N) is 1. The minimum atomic E-state index is 0. The number of rotatable bonds is 6. The lowest BCUT2D eigenvalue weighted by Crippen LogP contribution is -2.39. The summed E-state index contributed by atoms with van der Waals surface area (Å²) in [6, 6.07) is 12.5. The number of guanidine groups is 1. The van der Waals surface area contributed by atoms with Crippen molar-refractivity contribution in [2.45, 2.75) is 19.8 Å². The van der Waals surface area contributed by atoms with Gasteiger partial charge in [-0.05, 0) is 31.0 Å². The summed E-state index contributed by atoms with van der Waals surface area (Å²) in [6.07, 6.45) is 3.54. The van der Waals surface area contributed by atoms with Crippen molar-refractivity contribution in [1.82, 2.24) is 10.6 Å². The maximum absolute atomic E-state index is 5.30. The zero-order chi connectivity index (χ0) is 14.9. The fourth-order valence-electron chi connectivity index (χ4n) is 2.06. The quantitative estimate of drug-likeness (QED) is 0.435. The largest absolute Gasteiger partial charge is 0.469 e. The number of hydrogen-bond acceptors (Lipinski definition) is 2. The van der Waals surface area contributed by atoms with Crippen LogP contribution in [0.5, 0.6) is 0 Å². The van der Waals surface area contributed by atoms with Gasteiger partial charge in [0.25, 0.3) is 0 Å². The van der Waals surface area contributed by atoms with E-state index in [9.17, 15) is 0 Å². The summed E-state index contributed by atoms with van der Waals surface area (Å²) in [5, 5.41) is 6.60. The summed E-state index contributed by atoms with van der Waals surface area (Å²) < 4.78 is 5.30. The molecule has 0 aliphatic carbocycles. The molecule has 5 heteroatoms. The third-order valence-corrected chi connectivity index (χ3v) is 3.29. The molecule has 0 saturated heterocycles. The molecule has 4 nitrogen and oxygen atoms in total. The molecule has 1 aromatic carbocycles. The van der Waals surface area contributed by atoms with Gasteiger partial charge < -0.3 is 15.1 Å². The van der Waals surface area contributed by atoms with E-state index < -0.39 is 0 Å². The van der Waals surface area contributed by atoms with E-state index in [1.54, 1.807) is 13.3 Å². The summed E-state index contributed by atoms with van der Waals surface area (Å²) in [6.45, 7) is 3.77. The topological polar surface area (TPSA) is 49.6 Å². The Hall–Kier alpha value is -1.50. The minimum absolute atomic E-state index is 0. The monoisotopic (exact) mass is 413 g/mol. The van der Waals surface area contributed by atoms with Gasteiger partial charge in [0.05, 0.1) is 6.26 Å². The van der Waals surface area contributed by atoms with Crippen LogP contribution in [0.4, 0.5) is 0 Å². The molecule has 0 fully saturated rings. The summed E-state index contributed by atoms with van der Waals surface area (Å²) in [7, 11) is 1.79. The molecule has 0 aliphatic rings. The van der Waals surface area contributed by atoms with Crippen LogP contribution in [-0.4, -0.2) is 26.1 Å². The molecule has 2 N–H and O–H groups in total. The molecule has 0 bridgehead atoms. The maximum atomic E-state index is 5.30. The molecule has 0 radical (unpaired) electrons. The van der Waals surface area contributed by atoms with E-state index in [2.05, 4.69) is 46.8 Å². The lowest BCUT2D eigenvalue weighted by atomic mass is 10.1. The molecule has 0 spiro atoms. The van der Waals surface area contributed by atoms with E-state index in [1.807, 2.05) is 12.1 Å². The SMILES string of the molecule is CN=C(NCCc1ccc(C)cc1)NCCc1ccco1.I. The second kappa shape index (κ2) is 10.3.